The molecule has 2 saturated heterocycles. The molecule has 2 aliphatic heterocycles. The Morgan fingerprint density at radius 1 is 1.19 bits per heavy atom. The van der Waals surface area contributed by atoms with Crippen LogP contribution in [0.2, 0.25) is 0 Å². The van der Waals surface area contributed by atoms with E-state index in [0.29, 0.717) is 31.8 Å². The molecule has 2 fully saturated rings. The Morgan fingerprint density at radius 2 is 1.81 bits per heavy atom. The molecular weight excluding hydrogens is 602 g/mol. The number of nitrogens with zero attached hydrogens (tertiary/aromatic N) is 2. The number of methoxy groups -OCH3 is 1. The van der Waals surface area contributed by atoms with Crippen LogP contribution >= 0.6 is 28.3 Å². The Hall–Kier alpha value is -1.25. The maximum Gasteiger partial charge on any atom is 0.292 e. The normalized spacial score (nSPS) is 18.5. The summed E-state index contributed by atoms with van der Waals surface area (Å²) in [6, 6.07) is 10.3. The summed E-state index contributed by atoms with van der Waals surface area (Å²) in [5.41, 5.74) is 1.82. The lowest BCUT2D eigenvalue weighted by Gasteiger charge is -2.27. The largest absolute Gasteiger partial charge is 0.471 e. The highest BCUT2D eigenvalue weighted by Gasteiger charge is 2.34. The zero-order chi connectivity index (χ0) is 28.1. The van der Waals surface area contributed by atoms with Gasteiger partial charge in [-0.25, -0.2) is 0 Å². The number of halogens is 1. The number of likely N-dealkylation sites (tertiary alicyclic amines) is 2. The average Bonchev–Trinajstić information content (AvgIpc) is 3.53. The van der Waals surface area contributed by atoms with Crippen molar-refractivity contribution >= 4 is 46.6 Å². The maximum atomic E-state index is 12.6. The van der Waals surface area contributed by atoms with E-state index in [0.717, 1.165) is 50.9 Å². The van der Waals surface area contributed by atoms with Gasteiger partial charge in [0.1, 0.15) is 0 Å². The van der Waals surface area contributed by atoms with Gasteiger partial charge in [-0.3, -0.25) is 14.4 Å². The third-order valence-corrected chi connectivity index (χ3v) is 8.91. The van der Waals surface area contributed by atoms with Crippen molar-refractivity contribution < 1.29 is 23.9 Å². The Bertz CT molecular complexity index is 736. The van der Waals surface area contributed by atoms with Gasteiger partial charge >= 0.3 is 0 Å². The molecule has 7 nitrogen and oxygen atoms in total. The minimum absolute atomic E-state index is 0.118. The summed E-state index contributed by atoms with van der Waals surface area (Å²) in [5, 5.41) is 0. The molecule has 0 spiro atoms. The molecule has 3 atom stereocenters. The SMILES string of the molecule is CC.CC(C)C.COC=O.O=C(CN1C(=O)CCC1CCCOCc1ccccc1)N1CC[C@@H](PI)C1. The highest BCUT2D eigenvalue weighted by Crippen LogP contribution is 2.34. The number of carbonyl (C=O) groups excluding carboxylic acids is 3. The van der Waals surface area contributed by atoms with Crippen molar-refractivity contribution in [1.29, 1.82) is 0 Å². The summed E-state index contributed by atoms with van der Waals surface area (Å²) in [4.78, 5) is 37.6. The van der Waals surface area contributed by atoms with Gasteiger partial charge in [0.2, 0.25) is 11.8 Å². The Kier molecular flexibility index (Phi) is 21.9. The van der Waals surface area contributed by atoms with E-state index in [1.807, 2.05) is 41.8 Å². The molecule has 0 saturated carbocycles. The van der Waals surface area contributed by atoms with Crippen LogP contribution in [0.1, 0.15) is 72.3 Å². The van der Waals surface area contributed by atoms with Crippen molar-refractivity contribution in [2.75, 3.05) is 33.4 Å². The lowest BCUT2D eigenvalue weighted by Crippen LogP contribution is -2.43. The quantitative estimate of drug-likeness (QED) is 0.133. The van der Waals surface area contributed by atoms with E-state index in [9.17, 15) is 9.59 Å². The van der Waals surface area contributed by atoms with E-state index in [2.05, 4.69) is 59.7 Å². The molecule has 2 heterocycles. The van der Waals surface area contributed by atoms with Gasteiger partial charge in [0, 0.05) is 37.8 Å². The fraction of sp³-hybridized carbons (Fsp3) is 0.679. The Labute approximate surface area is 239 Å². The first-order valence-electron chi connectivity index (χ1n) is 13.3. The lowest BCUT2D eigenvalue weighted by atomic mass is 10.1. The second kappa shape index (κ2) is 22.7. The summed E-state index contributed by atoms with van der Waals surface area (Å²) in [5.74, 6) is 1.08. The first kappa shape index (κ1) is 35.8. The third-order valence-electron chi connectivity index (χ3n) is 5.49. The highest BCUT2D eigenvalue weighted by molar-refractivity contribution is 14.2. The van der Waals surface area contributed by atoms with Gasteiger partial charge in [0.25, 0.3) is 6.47 Å². The molecule has 37 heavy (non-hydrogen) atoms. The predicted octanol–water partition coefficient (Wildman–Crippen LogP) is 6.08. The summed E-state index contributed by atoms with van der Waals surface area (Å²) in [6.45, 7) is 14.2. The Balaban J connectivity index is 0.00000112. The second-order valence-corrected chi connectivity index (χ2v) is 12.3. The van der Waals surface area contributed by atoms with Crippen LogP contribution in [0, 0.1) is 5.92 Å². The Morgan fingerprint density at radius 3 is 2.35 bits per heavy atom. The molecule has 1 aromatic rings. The van der Waals surface area contributed by atoms with Crippen molar-refractivity contribution in [2.45, 2.75) is 85.0 Å². The molecule has 2 aliphatic rings. The van der Waals surface area contributed by atoms with Gasteiger partial charge in [-0.15, -0.1) is 0 Å². The third kappa shape index (κ3) is 16.3. The average molecular weight is 651 g/mol. The molecule has 0 radical (unpaired) electrons. The van der Waals surface area contributed by atoms with E-state index in [1.54, 1.807) is 0 Å². The first-order valence-corrected chi connectivity index (χ1v) is 17.5. The van der Waals surface area contributed by atoms with Crippen molar-refractivity contribution in [3.8, 4) is 0 Å². The smallest absolute Gasteiger partial charge is 0.292 e. The minimum atomic E-state index is 0.118. The summed E-state index contributed by atoms with van der Waals surface area (Å²) in [6.07, 6.45) is 5.22. The molecular formula is C28H48IN2O5P. The van der Waals surface area contributed by atoms with E-state index in [-0.39, 0.29) is 24.4 Å². The monoisotopic (exact) mass is 650 g/mol. The number of hydrogen-bond acceptors (Lipinski definition) is 5. The zero-order valence-electron chi connectivity index (χ0n) is 23.6. The van der Waals surface area contributed by atoms with Gasteiger partial charge in [-0.2, -0.15) is 0 Å². The molecule has 9 heteroatoms. The number of amides is 2. The van der Waals surface area contributed by atoms with Gasteiger partial charge in [0.05, 0.1) is 20.3 Å². The van der Waals surface area contributed by atoms with Crippen LogP contribution in [0.25, 0.3) is 0 Å². The van der Waals surface area contributed by atoms with Crippen molar-refractivity contribution in [3.05, 3.63) is 35.9 Å². The molecule has 2 unspecified atom stereocenters. The summed E-state index contributed by atoms with van der Waals surface area (Å²) in [7, 11) is 1.31. The molecule has 1 aromatic carbocycles. The van der Waals surface area contributed by atoms with E-state index in [1.165, 1.54) is 12.7 Å². The number of benzene rings is 1. The summed E-state index contributed by atoms with van der Waals surface area (Å²) < 4.78 is 9.61. The number of carbonyl (C=O) groups is 3. The van der Waals surface area contributed by atoms with Crippen molar-refractivity contribution in [1.82, 2.24) is 9.80 Å². The second-order valence-electron chi connectivity index (χ2n) is 9.39. The van der Waals surface area contributed by atoms with E-state index in [4.69, 9.17) is 9.53 Å². The van der Waals surface area contributed by atoms with Crippen LogP contribution in [0.3, 0.4) is 0 Å². The van der Waals surface area contributed by atoms with Crippen LogP contribution in [-0.4, -0.2) is 73.1 Å². The lowest BCUT2D eigenvalue weighted by molar-refractivity contribution is -0.139. The number of ether oxygens (including phenoxy) is 2. The fourth-order valence-electron chi connectivity index (χ4n) is 3.82. The molecule has 0 bridgehead atoms. The maximum absolute atomic E-state index is 12.6. The molecule has 3 rings (SSSR count). The fourth-order valence-corrected chi connectivity index (χ4v) is 5.87. The number of rotatable bonds is 10. The van der Waals surface area contributed by atoms with Crippen LogP contribution in [0.15, 0.2) is 30.3 Å². The minimum Gasteiger partial charge on any atom is -0.471 e. The number of hydrogen-bond donors (Lipinski definition) is 0. The highest BCUT2D eigenvalue weighted by atomic mass is 127. The van der Waals surface area contributed by atoms with Gasteiger partial charge < -0.3 is 19.3 Å². The topological polar surface area (TPSA) is 76.2 Å². The van der Waals surface area contributed by atoms with Gasteiger partial charge in [-0.05, 0) is 37.2 Å². The van der Waals surface area contributed by atoms with Crippen LogP contribution < -0.4 is 0 Å². The van der Waals surface area contributed by atoms with Crippen LogP contribution in [0.4, 0.5) is 0 Å². The van der Waals surface area contributed by atoms with Crippen LogP contribution in [-0.2, 0) is 30.5 Å². The molecule has 0 aromatic heterocycles. The molecule has 2 amide bonds. The van der Waals surface area contributed by atoms with Gasteiger partial charge in [-0.1, -0.05) is 93.2 Å². The van der Waals surface area contributed by atoms with Gasteiger partial charge in [0.15, 0.2) is 0 Å². The first-order chi connectivity index (χ1) is 17.8. The molecule has 212 valence electrons. The zero-order valence-corrected chi connectivity index (χ0v) is 26.7. The van der Waals surface area contributed by atoms with Crippen molar-refractivity contribution in [2.24, 2.45) is 5.92 Å². The standard InChI is InChI=1S/C20H28IN2O3P.C4H10.C2H4O2.C2H6/c21-27-18-10-11-22(13-18)20(25)14-23-17(8-9-19(23)24)7-4-12-26-15-16-5-2-1-3-6-16;1-4(2)3;1-4-2-3;1-2/h1-3,5-6,17-18,27H,4,7-15H2;4H,1-3H3;2H,1H3;1-2H3/t17?,18-;;;/m1.../s1. The predicted molar refractivity (Wildman–Crippen MR) is 162 cm³/mol. The molecule has 0 aliphatic carbocycles. The van der Waals surface area contributed by atoms with Crippen LogP contribution in [0.5, 0.6) is 0 Å². The summed E-state index contributed by atoms with van der Waals surface area (Å²) >= 11 is 2.42. The van der Waals surface area contributed by atoms with Crippen molar-refractivity contribution in [3.63, 3.8) is 0 Å². The van der Waals surface area contributed by atoms with E-state index >= 15 is 0 Å². The molecule has 0 N–H and O–H groups in total. The van der Waals surface area contributed by atoms with E-state index < -0.39 is 0 Å².